The molecule has 1 aliphatic heterocycles. The molecule has 0 atom stereocenters. The van der Waals surface area contributed by atoms with Crippen molar-refractivity contribution in [1.29, 1.82) is 0 Å². The second-order valence-corrected chi connectivity index (χ2v) is 7.23. The lowest BCUT2D eigenvalue weighted by Gasteiger charge is -2.31. The van der Waals surface area contributed by atoms with E-state index in [-0.39, 0.29) is 24.7 Å². The number of hydrogen-bond donors (Lipinski definition) is 1. The van der Waals surface area contributed by atoms with Gasteiger partial charge in [-0.25, -0.2) is 0 Å². The molecular formula is C20H19N3O2S. The van der Waals surface area contributed by atoms with Crippen LogP contribution in [0.5, 0.6) is 0 Å². The summed E-state index contributed by atoms with van der Waals surface area (Å²) in [6.45, 7) is 1.05. The van der Waals surface area contributed by atoms with Crippen molar-refractivity contribution < 1.29 is 9.59 Å². The summed E-state index contributed by atoms with van der Waals surface area (Å²) in [7, 11) is 0. The number of amides is 2. The van der Waals surface area contributed by atoms with Crippen molar-refractivity contribution >= 4 is 28.8 Å². The predicted octanol–water partition coefficient (Wildman–Crippen LogP) is 3.48. The summed E-state index contributed by atoms with van der Waals surface area (Å²) in [4.78, 5) is 27.7. The van der Waals surface area contributed by atoms with Gasteiger partial charge < -0.3 is 14.8 Å². The molecule has 6 heteroatoms. The second kappa shape index (κ2) is 7.17. The monoisotopic (exact) mass is 365 g/mol. The zero-order valence-corrected chi connectivity index (χ0v) is 15.0. The van der Waals surface area contributed by atoms with E-state index in [9.17, 15) is 9.59 Å². The first-order chi connectivity index (χ1) is 12.7. The molecule has 3 heterocycles. The Bertz CT molecular complexity index is 930. The molecule has 0 saturated carbocycles. The van der Waals surface area contributed by atoms with Gasteiger partial charge >= 0.3 is 0 Å². The summed E-state index contributed by atoms with van der Waals surface area (Å²) in [5.74, 6) is -0.128. The van der Waals surface area contributed by atoms with Crippen LogP contribution in [0.2, 0.25) is 0 Å². The zero-order valence-electron chi connectivity index (χ0n) is 14.2. The normalized spacial score (nSPS) is 12.4. The number of fused-ring (bicyclic) bond motifs is 3. The van der Waals surface area contributed by atoms with E-state index in [1.54, 1.807) is 16.2 Å². The minimum absolute atomic E-state index is 0.0313. The molecule has 0 fully saturated rings. The van der Waals surface area contributed by atoms with Gasteiger partial charge in [-0.3, -0.25) is 9.59 Å². The smallest absolute Gasteiger partial charge is 0.227 e. The maximum Gasteiger partial charge on any atom is 0.227 e. The van der Waals surface area contributed by atoms with Crippen LogP contribution in [0.25, 0.3) is 5.69 Å². The van der Waals surface area contributed by atoms with Crippen molar-refractivity contribution in [3.05, 3.63) is 70.7 Å². The molecule has 2 aromatic heterocycles. The molecule has 0 radical (unpaired) electrons. The number of carbonyl (C=O) groups is 2. The van der Waals surface area contributed by atoms with Gasteiger partial charge in [-0.05, 0) is 35.7 Å². The summed E-state index contributed by atoms with van der Waals surface area (Å²) in [5.41, 5.74) is 2.95. The van der Waals surface area contributed by atoms with E-state index in [0.29, 0.717) is 13.1 Å². The van der Waals surface area contributed by atoms with Crippen LogP contribution in [0.3, 0.4) is 0 Å². The molecule has 1 N–H and O–H groups in total. The van der Waals surface area contributed by atoms with Crippen LogP contribution in [0.15, 0.2) is 60.1 Å². The topological polar surface area (TPSA) is 54.3 Å². The van der Waals surface area contributed by atoms with Crippen molar-refractivity contribution in [3.8, 4) is 5.69 Å². The number of benzene rings is 1. The highest BCUT2D eigenvalue weighted by molar-refractivity contribution is 7.09. The molecule has 4 rings (SSSR count). The Morgan fingerprint density at radius 3 is 2.65 bits per heavy atom. The lowest BCUT2D eigenvalue weighted by molar-refractivity contribution is -0.125. The fraction of sp³-hybridized carbons (Fsp3) is 0.200. The third kappa shape index (κ3) is 3.28. The van der Waals surface area contributed by atoms with Gasteiger partial charge in [-0.2, -0.15) is 0 Å². The van der Waals surface area contributed by atoms with Crippen LogP contribution in [0, 0.1) is 0 Å². The van der Waals surface area contributed by atoms with E-state index in [1.807, 2.05) is 60.1 Å². The number of para-hydroxylation sites is 2. The number of aromatic nitrogens is 1. The van der Waals surface area contributed by atoms with Crippen molar-refractivity contribution in [3.63, 3.8) is 0 Å². The number of carbonyl (C=O) groups excluding carboxylic acids is 2. The van der Waals surface area contributed by atoms with E-state index in [2.05, 4.69) is 9.88 Å². The molecule has 26 heavy (non-hydrogen) atoms. The largest absolute Gasteiger partial charge is 0.351 e. The number of rotatable bonds is 5. The van der Waals surface area contributed by atoms with E-state index in [4.69, 9.17) is 0 Å². The van der Waals surface area contributed by atoms with Gasteiger partial charge in [0.15, 0.2) is 0 Å². The average Bonchev–Trinajstić information content (AvgIpc) is 3.35. The van der Waals surface area contributed by atoms with Gasteiger partial charge in [0.1, 0.15) is 0 Å². The first kappa shape index (κ1) is 16.6. The highest BCUT2D eigenvalue weighted by atomic mass is 32.1. The average molecular weight is 365 g/mol. The first-order valence-corrected chi connectivity index (χ1v) is 9.45. The van der Waals surface area contributed by atoms with Crippen LogP contribution in [0.4, 0.5) is 5.69 Å². The second-order valence-electron chi connectivity index (χ2n) is 6.19. The minimum Gasteiger partial charge on any atom is -0.351 e. The van der Waals surface area contributed by atoms with Crippen LogP contribution in [-0.2, 0) is 22.7 Å². The Morgan fingerprint density at radius 1 is 1.00 bits per heavy atom. The zero-order chi connectivity index (χ0) is 17.9. The molecule has 0 saturated heterocycles. The number of nitrogens with one attached hydrogen (secondary N) is 1. The van der Waals surface area contributed by atoms with E-state index in [0.717, 1.165) is 21.9 Å². The molecule has 0 aliphatic carbocycles. The molecule has 132 valence electrons. The standard InChI is InChI=1S/C20H19N3O2S/c24-19(21-13-16-6-4-12-26-16)9-10-20(25)23-14-15-5-3-11-22(15)17-7-1-2-8-18(17)23/h1-8,11-12H,9-10,13-14H2,(H,21,24). The number of nitrogens with zero attached hydrogens (tertiary/aromatic N) is 2. The maximum absolute atomic E-state index is 12.8. The Kier molecular flexibility index (Phi) is 4.58. The summed E-state index contributed by atoms with van der Waals surface area (Å²) in [5, 5.41) is 4.85. The molecule has 2 amide bonds. The van der Waals surface area contributed by atoms with Gasteiger partial charge in [-0.15, -0.1) is 11.3 Å². The molecule has 0 bridgehead atoms. The van der Waals surface area contributed by atoms with Crippen molar-refractivity contribution in [1.82, 2.24) is 9.88 Å². The van der Waals surface area contributed by atoms with Gasteiger partial charge in [0.25, 0.3) is 0 Å². The highest BCUT2D eigenvalue weighted by Gasteiger charge is 2.25. The van der Waals surface area contributed by atoms with Crippen molar-refractivity contribution in [2.75, 3.05) is 4.90 Å². The number of hydrogen-bond acceptors (Lipinski definition) is 3. The molecule has 3 aromatic rings. The van der Waals surface area contributed by atoms with Crippen LogP contribution in [0.1, 0.15) is 23.4 Å². The quantitative estimate of drug-likeness (QED) is 0.753. The fourth-order valence-electron chi connectivity index (χ4n) is 3.19. The van der Waals surface area contributed by atoms with E-state index >= 15 is 0 Å². The molecular weight excluding hydrogens is 346 g/mol. The third-order valence-electron chi connectivity index (χ3n) is 4.49. The van der Waals surface area contributed by atoms with E-state index in [1.165, 1.54) is 0 Å². The van der Waals surface area contributed by atoms with Crippen LogP contribution >= 0.6 is 11.3 Å². The molecule has 1 aliphatic rings. The lowest BCUT2D eigenvalue weighted by atomic mass is 10.1. The number of anilines is 1. The van der Waals surface area contributed by atoms with Gasteiger partial charge in [0.2, 0.25) is 11.8 Å². The summed E-state index contributed by atoms with van der Waals surface area (Å²) in [6.07, 6.45) is 2.41. The van der Waals surface area contributed by atoms with Crippen LogP contribution in [-0.4, -0.2) is 16.4 Å². The Balaban J connectivity index is 1.40. The minimum atomic E-state index is -0.0968. The Labute approximate surface area is 155 Å². The van der Waals surface area contributed by atoms with Crippen molar-refractivity contribution in [2.24, 2.45) is 0 Å². The lowest BCUT2D eigenvalue weighted by Crippen LogP contribution is -2.35. The van der Waals surface area contributed by atoms with Crippen molar-refractivity contribution in [2.45, 2.75) is 25.9 Å². The maximum atomic E-state index is 12.8. The molecule has 0 spiro atoms. The third-order valence-corrected chi connectivity index (χ3v) is 5.37. The van der Waals surface area contributed by atoms with E-state index < -0.39 is 0 Å². The summed E-state index contributed by atoms with van der Waals surface area (Å²) in [6, 6.07) is 15.8. The van der Waals surface area contributed by atoms with Gasteiger partial charge in [-0.1, -0.05) is 18.2 Å². The predicted molar refractivity (Wildman–Crippen MR) is 102 cm³/mol. The van der Waals surface area contributed by atoms with Crippen LogP contribution < -0.4 is 10.2 Å². The first-order valence-electron chi connectivity index (χ1n) is 8.57. The summed E-state index contributed by atoms with van der Waals surface area (Å²) < 4.78 is 2.10. The Hall–Kier alpha value is -2.86. The Morgan fingerprint density at radius 2 is 1.85 bits per heavy atom. The fourth-order valence-corrected chi connectivity index (χ4v) is 3.83. The molecule has 1 aromatic carbocycles. The SMILES string of the molecule is O=C(CCC(=O)N1Cc2cccn2-c2ccccc21)NCc1cccs1. The number of thiophene rings is 1. The molecule has 5 nitrogen and oxygen atoms in total. The highest BCUT2D eigenvalue weighted by Crippen LogP contribution is 2.32. The molecule has 0 unspecified atom stereocenters. The summed E-state index contributed by atoms with van der Waals surface area (Å²) >= 11 is 1.61. The van der Waals surface area contributed by atoms with Gasteiger partial charge in [0.05, 0.1) is 24.5 Å². The van der Waals surface area contributed by atoms with Gasteiger partial charge in [0, 0.05) is 29.6 Å².